The lowest BCUT2D eigenvalue weighted by molar-refractivity contribution is -0.116. The molecule has 1 atom stereocenters. The number of anilines is 1. The molecule has 3 rings (SSSR count). The van der Waals surface area contributed by atoms with E-state index in [1.165, 1.54) is 0 Å². The second-order valence-electron chi connectivity index (χ2n) is 5.63. The smallest absolute Gasteiger partial charge is 0.247 e. The van der Waals surface area contributed by atoms with E-state index in [9.17, 15) is 4.79 Å². The maximum Gasteiger partial charge on any atom is 0.247 e. The number of hydrogen-bond donors (Lipinski definition) is 1. The van der Waals surface area contributed by atoms with Crippen molar-refractivity contribution < 1.29 is 13.9 Å². The Bertz CT molecular complexity index is 857. The fourth-order valence-electron chi connectivity index (χ4n) is 2.46. The highest BCUT2D eigenvalue weighted by atomic mass is 16.5. The first-order valence-corrected chi connectivity index (χ1v) is 7.84. The third-order valence-electron chi connectivity index (χ3n) is 3.70. The first-order chi connectivity index (χ1) is 12.1. The lowest BCUT2D eigenvalue weighted by atomic mass is 10.1. The Balaban J connectivity index is 1.77. The van der Waals surface area contributed by atoms with E-state index in [-0.39, 0.29) is 18.4 Å². The van der Waals surface area contributed by atoms with E-state index in [0.717, 1.165) is 0 Å². The minimum atomic E-state index is -0.139. The van der Waals surface area contributed by atoms with Gasteiger partial charge in [-0.3, -0.25) is 9.48 Å². The maximum atomic E-state index is 12.4. The Labute approximate surface area is 144 Å². The van der Waals surface area contributed by atoms with Gasteiger partial charge in [-0.1, -0.05) is 0 Å². The van der Waals surface area contributed by atoms with Gasteiger partial charge in [0.2, 0.25) is 17.7 Å². The lowest BCUT2D eigenvalue weighted by Crippen LogP contribution is -2.18. The molecule has 0 aliphatic rings. The Morgan fingerprint density at radius 1 is 1.40 bits per heavy atom. The number of methoxy groups -OCH3 is 1. The summed E-state index contributed by atoms with van der Waals surface area (Å²) in [5.74, 6) is 1.28. The van der Waals surface area contributed by atoms with Gasteiger partial charge in [-0.25, -0.2) is 0 Å². The van der Waals surface area contributed by atoms with Crippen molar-refractivity contribution in [1.29, 1.82) is 0 Å². The number of nitrogens with zero attached hydrogens (tertiary/aromatic N) is 4. The normalized spacial score (nSPS) is 12.0. The molecular formula is C17H19N5O3. The molecule has 0 aliphatic carbocycles. The van der Waals surface area contributed by atoms with Gasteiger partial charge in [-0.05, 0) is 31.2 Å². The summed E-state index contributed by atoms with van der Waals surface area (Å²) in [5.41, 5.74) is 1.25. The van der Waals surface area contributed by atoms with Crippen LogP contribution in [0, 0.1) is 6.92 Å². The van der Waals surface area contributed by atoms with E-state index in [0.29, 0.717) is 28.8 Å². The standard InChI is InChI=1S/C17H19N5O3/c1-11(22-8-4-7-18-22)9-16(23)19-14-10-13(5-6-15(14)24-3)17-21-20-12(2)25-17/h4-8,10-11H,9H2,1-3H3,(H,19,23). The highest BCUT2D eigenvalue weighted by Gasteiger charge is 2.15. The summed E-state index contributed by atoms with van der Waals surface area (Å²) in [7, 11) is 1.55. The molecule has 0 aliphatic heterocycles. The molecule has 8 nitrogen and oxygen atoms in total. The van der Waals surface area contributed by atoms with Crippen molar-refractivity contribution in [3.8, 4) is 17.2 Å². The number of benzene rings is 1. The van der Waals surface area contributed by atoms with Gasteiger partial charge in [0, 0.05) is 31.3 Å². The van der Waals surface area contributed by atoms with Crippen molar-refractivity contribution >= 4 is 11.6 Å². The van der Waals surface area contributed by atoms with Gasteiger partial charge < -0.3 is 14.5 Å². The zero-order valence-corrected chi connectivity index (χ0v) is 14.3. The molecule has 1 aromatic carbocycles. The van der Waals surface area contributed by atoms with Crippen LogP contribution in [0.3, 0.4) is 0 Å². The summed E-state index contributed by atoms with van der Waals surface area (Å²) >= 11 is 0. The fourth-order valence-corrected chi connectivity index (χ4v) is 2.46. The van der Waals surface area contributed by atoms with Crippen LogP contribution in [0.5, 0.6) is 5.75 Å². The second kappa shape index (κ2) is 7.16. The molecule has 1 N–H and O–H groups in total. The summed E-state index contributed by atoms with van der Waals surface area (Å²) in [6.45, 7) is 3.65. The van der Waals surface area contributed by atoms with Gasteiger partial charge in [0.1, 0.15) is 5.75 Å². The quantitative estimate of drug-likeness (QED) is 0.741. The summed E-state index contributed by atoms with van der Waals surface area (Å²) in [4.78, 5) is 12.4. The third-order valence-corrected chi connectivity index (χ3v) is 3.70. The van der Waals surface area contributed by atoms with Crippen molar-refractivity contribution in [1.82, 2.24) is 20.0 Å². The summed E-state index contributed by atoms with van der Waals surface area (Å²) in [5, 5.41) is 14.8. The Morgan fingerprint density at radius 3 is 2.88 bits per heavy atom. The highest BCUT2D eigenvalue weighted by molar-refractivity contribution is 5.93. The minimum Gasteiger partial charge on any atom is -0.495 e. The van der Waals surface area contributed by atoms with Crippen LogP contribution in [-0.4, -0.2) is 33.0 Å². The van der Waals surface area contributed by atoms with Crippen LogP contribution in [0.15, 0.2) is 41.1 Å². The highest BCUT2D eigenvalue weighted by Crippen LogP contribution is 2.30. The van der Waals surface area contributed by atoms with Crippen molar-refractivity contribution in [2.24, 2.45) is 0 Å². The molecule has 25 heavy (non-hydrogen) atoms. The van der Waals surface area contributed by atoms with Crippen LogP contribution in [0.2, 0.25) is 0 Å². The lowest BCUT2D eigenvalue weighted by Gasteiger charge is -2.14. The van der Waals surface area contributed by atoms with Crippen molar-refractivity contribution in [3.05, 3.63) is 42.5 Å². The summed E-state index contributed by atoms with van der Waals surface area (Å²) in [6.07, 6.45) is 3.80. The predicted octanol–water partition coefficient (Wildman–Crippen LogP) is 2.84. The second-order valence-corrected chi connectivity index (χ2v) is 5.63. The summed E-state index contributed by atoms with van der Waals surface area (Å²) in [6, 6.07) is 7.08. The van der Waals surface area contributed by atoms with Gasteiger partial charge in [0.05, 0.1) is 18.8 Å². The third kappa shape index (κ3) is 3.85. The average Bonchev–Trinajstić information content (AvgIpc) is 3.26. The van der Waals surface area contributed by atoms with E-state index in [2.05, 4.69) is 20.6 Å². The van der Waals surface area contributed by atoms with Crippen molar-refractivity contribution in [2.45, 2.75) is 26.3 Å². The van der Waals surface area contributed by atoms with E-state index in [1.54, 1.807) is 43.1 Å². The van der Waals surface area contributed by atoms with Crippen LogP contribution < -0.4 is 10.1 Å². The zero-order chi connectivity index (χ0) is 17.8. The van der Waals surface area contributed by atoms with Gasteiger partial charge in [-0.2, -0.15) is 5.10 Å². The topological polar surface area (TPSA) is 95.1 Å². The number of aryl methyl sites for hydroxylation is 1. The first-order valence-electron chi connectivity index (χ1n) is 7.84. The fraction of sp³-hybridized carbons (Fsp3) is 0.294. The molecule has 1 amide bonds. The van der Waals surface area contributed by atoms with E-state index >= 15 is 0 Å². The van der Waals surface area contributed by atoms with Crippen LogP contribution in [-0.2, 0) is 4.79 Å². The largest absolute Gasteiger partial charge is 0.495 e. The number of nitrogens with one attached hydrogen (secondary N) is 1. The number of ether oxygens (including phenoxy) is 1. The number of carbonyl (C=O) groups is 1. The Kier molecular flexibility index (Phi) is 4.78. The van der Waals surface area contributed by atoms with E-state index in [4.69, 9.17) is 9.15 Å². The van der Waals surface area contributed by atoms with E-state index in [1.807, 2.05) is 19.2 Å². The number of aromatic nitrogens is 4. The number of hydrogen-bond acceptors (Lipinski definition) is 6. The van der Waals surface area contributed by atoms with Crippen molar-refractivity contribution in [3.63, 3.8) is 0 Å². The average molecular weight is 341 g/mol. The van der Waals surface area contributed by atoms with Gasteiger partial charge in [0.25, 0.3) is 0 Å². The Morgan fingerprint density at radius 2 is 2.24 bits per heavy atom. The van der Waals surface area contributed by atoms with Crippen LogP contribution >= 0.6 is 0 Å². The monoisotopic (exact) mass is 341 g/mol. The molecule has 0 saturated heterocycles. The molecule has 130 valence electrons. The predicted molar refractivity (Wildman–Crippen MR) is 91.2 cm³/mol. The van der Waals surface area contributed by atoms with Crippen molar-refractivity contribution in [2.75, 3.05) is 12.4 Å². The van der Waals surface area contributed by atoms with Gasteiger partial charge in [-0.15, -0.1) is 10.2 Å². The number of rotatable bonds is 6. The Hall–Kier alpha value is -3.16. The van der Waals surface area contributed by atoms with Crippen LogP contribution in [0.4, 0.5) is 5.69 Å². The van der Waals surface area contributed by atoms with Crippen LogP contribution in [0.25, 0.3) is 11.5 Å². The number of carbonyl (C=O) groups excluding carboxylic acids is 1. The SMILES string of the molecule is COc1ccc(-c2nnc(C)o2)cc1NC(=O)CC(C)n1cccn1. The van der Waals surface area contributed by atoms with Gasteiger partial charge in [0.15, 0.2) is 0 Å². The van der Waals surface area contributed by atoms with Crippen LogP contribution in [0.1, 0.15) is 25.3 Å². The molecule has 0 spiro atoms. The molecule has 2 aromatic heterocycles. The number of amides is 1. The maximum absolute atomic E-state index is 12.4. The summed E-state index contributed by atoms with van der Waals surface area (Å²) < 4.78 is 12.5. The molecule has 1 unspecified atom stereocenters. The van der Waals surface area contributed by atoms with Gasteiger partial charge >= 0.3 is 0 Å². The molecule has 0 saturated carbocycles. The molecular weight excluding hydrogens is 322 g/mol. The molecule has 2 heterocycles. The zero-order valence-electron chi connectivity index (χ0n) is 14.3. The minimum absolute atomic E-state index is 0.0530. The van der Waals surface area contributed by atoms with E-state index < -0.39 is 0 Å². The molecule has 8 heteroatoms. The molecule has 0 radical (unpaired) electrons. The molecule has 3 aromatic rings. The first kappa shape index (κ1) is 16.7. The molecule has 0 fully saturated rings. The molecule has 0 bridgehead atoms.